The van der Waals surface area contributed by atoms with Crippen molar-refractivity contribution in [3.63, 3.8) is 0 Å². The lowest BCUT2D eigenvalue weighted by Gasteiger charge is -2.11. The molecule has 5 heteroatoms. The number of rotatable bonds is 6. The van der Waals surface area contributed by atoms with E-state index in [9.17, 15) is 0 Å². The summed E-state index contributed by atoms with van der Waals surface area (Å²) in [6, 6.07) is 58.5. The number of hydrogen-bond acceptors (Lipinski definition) is 5. The highest BCUT2D eigenvalue weighted by molar-refractivity contribution is 7.26. The Morgan fingerprint density at radius 2 is 0.878 bits per heavy atom. The molecule has 0 amide bonds. The second kappa shape index (κ2) is 12.4. The third-order valence-corrected chi connectivity index (χ3v) is 9.90. The van der Waals surface area contributed by atoms with Gasteiger partial charge in [0.2, 0.25) is 0 Å². The van der Waals surface area contributed by atoms with Crippen molar-refractivity contribution in [1.29, 1.82) is 0 Å². The summed E-state index contributed by atoms with van der Waals surface area (Å²) in [5, 5.41) is 1.15. The Bertz CT molecular complexity index is 2580. The summed E-state index contributed by atoms with van der Waals surface area (Å²) in [6.07, 6.45) is 0. The van der Waals surface area contributed by atoms with Crippen molar-refractivity contribution < 1.29 is 0 Å². The minimum absolute atomic E-state index is 0.665. The summed E-state index contributed by atoms with van der Waals surface area (Å²) in [6.45, 7) is 0. The first-order valence-corrected chi connectivity index (χ1v) is 17.0. The average molecular weight is 645 g/mol. The monoisotopic (exact) mass is 644 g/mol. The van der Waals surface area contributed by atoms with Crippen LogP contribution in [0.1, 0.15) is 0 Å². The number of benzene rings is 6. The maximum atomic E-state index is 5.15. The first-order chi connectivity index (χ1) is 24.3. The third-order valence-electron chi connectivity index (χ3n) is 8.73. The second-order valence-electron chi connectivity index (χ2n) is 11.9. The van der Waals surface area contributed by atoms with E-state index in [4.69, 9.17) is 19.9 Å². The molecule has 0 aliphatic rings. The second-order valence-corrected chi connectivity index (χ2v) is 12.9. The molecule has 3 aromatic heterocycles. The Morgan fingerprint density at radius 1 is 0.347 bits per heavy atom. The van der Waals surface area contributed by atoms with Crippen molar-refractivity contribution in [3.05, 3.63) is 170 Å². The Balaban J connectivity index is 1.15. The summed E-state index contributed by atoms with van der Waals surface area (Å²) < 4.78 is 2.31. The molecule has 0 saturated carbocycles. The summed E-state index contributed by atoms with van der Waals surface area (Å²) in [5.41, 5.74) is 11.0. The van der Waals surface area contributed by atoms with Gasteiger partial charge in [-0.3, -0.25) is 0 Å². The van der Waals surface area contributed by atoms with Gasteiger partial charge in [-0.05, 0) is 29.3 Å². The van der Waals surface area contributed by atoms with Gasteiger partial charge in [0.15, 0.2) is 11.6 Å². The summed E-state index contributed by atoms with van der Waals surface area (Å²) in [7, 11) is 0. The van der Waals surface area contributed by atoms with Crippen LogP contribution < -0.4 is 0 Å². The first kappa shape index (κ1) is 28.9. The molecule has 6 aromatic carbocycles. The third kappa shape index (κ3) is 5.56. The smallest absolute Gasteiger partial charge is 0.160 e. The highest BCUT2D eigenvalue weighted by Gasteiger charge is 2.17. The minimum atomic E-state index is 0.665. The van der Waals surface area contributed by atoms with Crippen LogP contribution in [0.4, 0.5) is 0 Å². The quantitative estimate of drug-likeness (QED) is 0.181. The Morgan fingerprint density at radius 3 is 1.57 bits per heavy atom. The minimum Gasteiger partial charge on any atom is -0.228 e. The molecule has 0 saturated heterocycles. The van der Waals surface area contributed by atoms with Crippen LogP contribution in [0.15, 0.2) is 170 Å². The lowest BCUT2D eigenvalue weighted by molar-refractivity contribution is 1.18. The standard InChI is InChI=1S/C44H28N4S/c1-4-13-29(14-5-1)34-19-12-20-35(27-34)38-28-37(30-15-6-2-7-16-30)45-43(46-38)32-23-25-33(26-24-32)44-47-40(31-17-8-3-9-18-31)42-41(48-44)36-21-10-11-22-39(36)49-42/h1-28H. The van der Waals surface area contributed by atoms with Crippen LogP contribution in [0.2, 0.25) is 0 Å². The van der Waals surface area contributed by atoms with Gasteiger partial charge in [0, 0.05) is 37.9 Å². The molecular formula is C44H28N4S. The molecule has 0 bridgehead atoms. The van der Waals surface area contributed by atoms with Crippen molar-refractivity contribution in [2.45, 2.75) is 0 Å². The Kier molecular flexibility index (Phi) is 7.30. The molecule has 9 aromatic rings. The van der Waals surface area contributed by atoms with Crippen molar-refractivity contribution in [2.75, 3.05) is 0 Å². The number of hydrogen-bond donors (Lipinski definition) is 0. The van der Waals surface area contributed by atoms with Gasteiger partial charge in [0.25, 0.3) is 0 Å². The van der Waals surface area contributed by atoms with Gasteiger partial charge in [-0.25, -0.2) is 19.9 Å². The molecule has 0 spiro atoms. The van der Waals surface area contributed by atoms with Crippen molar-refractivity contribution in [1.82, 2.24) is 19.9 Å². The van der Waals surface area contributed by atoms with E-state index in [0.717, 1.165) is 66.1 Å². The molecule has 0 aliphatic heterocycles. The average Bonchev–Trinajstić information content (AvgIpc) is 3.57. The largest absolute Gasteiger partial charge is 0.228 e. The van der Waals surface area contributed by atoms with Gasteiger partial charge in [-0.1, -0.05) is 152 Å². The van der Waals surface area contributed by atoms with E-state index in [1.54, 1.807) is 11.3 Å². The predicted molar refractivity (Wildman–Crippen MR) is 203 cm³/mol. The van der Waals surface area contributed by atoms with Crippen LogP contribution in [0.3, 0.4) is 0 Å². The van der Waals surface area contributed by atoms with Crippen LogP contribution in [0, 0.1) is 0 Å². The molecule has 0 aliphatic carbocycles. The summed E-state index contributed by atoms with van der Waals surface area (Å²) >= 11 is 1.74. The maximum absolute atomic E-state index is 5.15. The lowest BCUT2D eigenvalue weighted by atomic mass is 10.0. The highest BCUT2D eigenvalue weighted by atomic mass is 32.1. The molecule has 0 N–H and O–H groups in total. The van der Waals surface area contributed by atoms with E-state index in [1.165, 1.54) is 10.3 Å². The maximum Gasteiger partial charge on any atom is 0.160 e. The zero-order valence-electron chi connectivity index (χ0n) is 26.4. The fourth-order valence-corrected chi connectivity index (χ4v) is 7.40. The normalized spacial score (nSPS) is 11.3. The van der Waals surface area contributed by atoms with Gasteiger partial charge in [-0.2, -0.15) is 0 Å². The van der Waals surface area contributed by atoms with Gasteiger partial charge in [-0.15, -0.1) is 11.3 Å². The van der Waals surface area contributed by atoms with E-state index < -0.39 is 0 Å². The predicted octanol–water partition coefficient (Wildman–Crippen LogP) is 11.6. The number of nitrogens with zero attached hydrogens (tertiary/aromatic N) is 4. The van der Waals surface area contributed by atoms with E-state index in [0.29, 0.717) is 11.6 Å². The zero-order chi connectivity index (χ0) is 32.6. The van der Waals surface area contributed by atoms with Crippen molar-refractivity contribution in [3.8, 4) is 67.7 Å². The van der Waals surface area contributed by atoms with E-state index in [2.05, 4.69) is 140 Å². The van der Waals surface area contributed by atoms with E-state index in [1.807, 2.05) is 30.3 Å². The molecule has 0 fully saturated rings. The molecule has 3 heterocycles. The van der Waals surface area contributed by atoms with Gasteiger partial charge < -0.3 is 0 Å². The van der Waals surface area contributed by atoms with E-state index in [-0.39, 0.29) is 0 Å². The van der Waals surface area contributed by atoms with Gasteiger partial charge in [0.05, 0.1) is 27.3 Å². The molecule has 0 radical (unpaired) electrons. The van der Waals surface area contributed by atoms with Gasteiger partial charge >= 0.3 is 0 Å². The molecule has 0 unspecified atom stereocenters. The molecule has 9 rings (SSSR count). The molecular weight excluding hydrogens is 617 g/mol. The Hall–Kier alpha value is -6.30. The molecule has 230 valence electrons. The first-order valence-electron chi connectivity index (χ1n) is 16.2. The van der Waals surface area contributed by atoms with Crippen LogP contribution >= 0.6 is 11.3 Å². The van der Waals surface area contributed by atoms with Crippen LogP contribution in [0.25, 0.3) is 88.0 Å². The molecule has 49 heavy (non-hydrogen) atoms. The lowest BCUT2D eigenvalue weighted by Crippen LogP contribution is -1.97. The number of aromatic nitrogens is 4. The fraction of sp³-hybridized carbons (Fsp3) is 0. The van der Waals surface area contributed by atoms with E-state index >= 15 is 0 Å². The summed E-state index contributed by atoms with van der Waals surface area (Å²) in [5.74, 6) is 1.36. The zero-order valence-corrected chi connectivity index (χ0v) is 27.2. The summed E-state index contributed by atoms with van der Waals surface area (Å²) in [4.78, 5) is 20.5. The topological polar surface area (TPSA) is 51.6 Å². The fourth-order valence-electron chi connectivity index (χ4n) is 6.25. The number of thiophene rings is 1. The molecule has 4 nitrogen and oxygen atoms in total. The highest BCUT2D eigenvalue weighted by Crippen LogP contribution is 2.39. The van der Waals surface area contributed by atoms with Crippen LogP contribution in [0.5, 0.6) is 0 Å². The van der Waals surface area contributed by atoms with Crippen molar-refractivity contribution >= 4 is 31.6 Å². The van der Waals surface area contributed by atoms with Crippen LogP contribution in [-0.2, 0) is 0 Å². The van der Waals surface area contributed by atoms with Crippen LogP contribution in [-0.4, -0.2) is 19.9 Å². The van der Waals surface area contributed by atoms with Gasteiger partial charge in [0.1, 0.15) is 0 Å². The Labute approximate surface area is 288 Å². The number of fused-ring (bicyclic) bond motifs is 3. The van der Waals surface area contributed by atoms with Crippen molar-refractivity contribution in [2.24, 2.45) is 0 Å². The SMILES string of the molecule is c1ccc(-c2cccc(-c3cc(-c4ccccc4)nc(-c4ccc(-c5nc(-c6ccccc6)c6sc7ccccc7c6n5)cc4)n3)c2)cc1. The molecule has 0 atom stereocenters.